The average Bonchev–Trinajstić information content (AvgIpc) is 3.23. The topological polar surface area (TPSA) is 4.93 Å². The van der Waals surface area contributed by atoms with Gasteiger partial charge in [-0.1, -0.05) is 98.0 Å². The van der Waals surface area contributed by atoms with Gasteiger partial charge in [0.15, 0.2) is 0 Å². The lowest BCUT2D eigenvalue weighted by Crippen LogP contribution is -2.00. The summed E-state index contributed by atoms with van der Waals surface area (Å²) in [6, 6.07) is 31.3. The molecule has 0 atom stereocenters. The van der Waals surface area contributed by atoms with Crippen molar-refractivity contribution in [1.29, 1.82) is 0 Å². The third-order valence-electron chi connectivity index (χ3n) is 6.09. The van der Waals surface area contributed by atoms with Crippen LogP contribution in [0.3, 0.4) is 0 Å². The van der Waals surface area contributed by atoms with E-state index in [1.165, 1.54) is 77.0 Å². The summed E-state index contributed by atoms with van der Waals surface area (Å²) in [5.74, 6) is 0. The Labute approximate surface area is 187 Å². The lowest BCUT2D eigenvalue weighted by atomic mass is 10.1. The fourth-order valence-electron chi connectivity index (χ4n) is 4.18. The molecule has 0 aliphatic rings. The zero-order chi connectivity index (χ0) is 21.6. The first kappa shape index (κ1) is 21.2. The van der Waals surface area contributed by atoms with Crippen molar-refractivity contribution in [2.45, 2.75) is 52.9 Å². The maximum Gasteiger partial charge on any atom is 0.0535 e. The summed E-state index contributed by atoms with van der Waals surface area (Å²) in [4.78, 5) is 0. The van der Waals surface area contributed by atoms with Gasteiger partial charge in [-0.15, -0.1) is 0 Å². The van der Waals surface area contributed by atoms with E-state index in [4.69, 9.17) is 0 Å². The number of aryl methyl sites for hydroxylation is 3. The van der Waals surface area contributed by atoms with Crippen LogP contribution < -0.4 is 0 Å². The average molecular weight is 408 g/mol. The predicted octanol–water partition coefficient (Wildman–Crippen LogP) is 8.55. The van der Waals surface area contributed by atoms with Crippen molar-refractivity contribution in [3.63, 3.8) is 0 Å². The number of hydrogen-bond acceptors (Lipinski definition) is 0. The Morgan fingerprint density at radius 3 is 1.55 bits per heavy atom. The summed E-state index contributed by atoms with van der Waals surface area (Å²) in [6.45, 7) is 6.54. The quantitative estimate of drug-likeness (QED) is 0.258. The van der Waals surface area contributed by atoms with Crippen molar-refractivity contribution in [2.75, 3.05) is 0 Å². The van der Waals surface area contributed by atoms with Crippen LogP contribution in [0, 0.1) is 13.8 Å². The van der Waals surface area contributed by atoms with Crippen molar-refractivity contribution in [1.82, 2.24) is 4.57 Å². The molecule has 0 spiro atoms. The Morgan fingerprint density at radius 2 is 1.06 bits per heavy atom. The Kier molecular flexibility index (Phi) is 6.72. The van der Waals surface area contributed by atoms with Crippen molar-refractivity contribution < 1.29 is 0 Å². The molecule has 0 amide bonds. The van der Waals surface area contributed by atoms with E-state index in [9.17, 15) is 0 Å². The Bertz CT molecular complexity index is 1030. The first-order valence-electron chi connectivity index (χ1n) is 11.6. The van der Waals surface area contributed by atoms with E-state index in [1.807, 2.05) is 0 Å². The van der Waals surface area contributed by atoms with Gasteiger partial charge in [0.05, 0.1) is 11.4 Å². The highest BCUT2D eigenvalue weighted by atomic mass is 15.0. The fourth-order valence-corrected chi connectivity index (χ4v) is 4.18. The molecule has 4 rings (SSSR count). The van der Waals surface area contributed by atoms with E-state index in [2.05, 4.69) is 110 Å². The SMILES string of the molecule is CCCCCCc1ccc(-n2c(-c3ccc(C)cc3)ccc2-c2ccc(C)cc2)cc1. The molecule has 0 fully saturated rings. The highest BCUT2D eigenvalue weighted by molar-refractivity contribution is 5.73. The number of hydrogen-bond donors (Lipinski definition) is 0. The molecule has 0 N–H and O–H groups in total. The van der Waals surface area contributed by atoms with Gasteiger partial charge in [-0.2, -0.15) is 0 Å². The van der Waals surface area contributed by atoms with Crippen LogP contribution in [-0.2, 0) is 6.42 Å². The van der Waals surface area contributed by atoms with Gasteiger partial charge in [-0.05, 0) is 67.6 Å². The number of nitrogens with zero attached hydrogens (tertiary/aromatic N) is 1. The van der Waals surface area contributed by atoms with Crippen LogP contribution in [0.4, 0.5) is 0 Å². The summed E-state index contributed by atoms with van der Waals surface area (Å²) >= 11 is 0. The minimum Gasteiger partial charge on any atom is -0.309 e. The second-order valence-corrected chi connectivity index (χ2v) is 8.65. The molecule has 0 unspecified atom stereocenters. The van der Waals surface area contributed by atoms with Crippen molar-refractivity contribution >= 4 is 0 Å². The van der Waals surface area contributed by atoms with Crippen LogP contribution >= 0.6 is 0 Å². The third-order valence-corrected chi connectivity index (χ3v) is 6.09. The maximum atomic E-state index is 2.40. The van der Waals surface area contributed by atoms with E-state index >= 15 is 0 Å². The monoisotopic (exact) mass is 407 g/mol. The minimum atomic E-state index is 1.17. The van der Waals surface area contributed by atoms with Gasteiger partial charge in [0, 0.05) is 5.69 Å². The van der Waals surface area contributed by atoms with Crippen molar-refractivity contribution in [3.05, 3.63) is 102 Å². The Balaban J connectivity index is 1.72. The van der Waals surface area contributed by atoms with E-state index in [-0.39, 0.29) is 0 Å². The Hall–Kier alpha value is -3.06. The molecule has 0 saturated carbocycles. The van der Waals surface area contributed by atoms with Gasteiger partial charge >= 0.3 is 0 Å². The molecular weight excluding hydrogens is 374 g/mol. The molecule has 1 nitrogen and oxygen atoms in total. The molecule has 0 saturated heterocycles. The molecule has 1 heterocycles. The van der Waals surface area contributed by atoms with Crippen LogP contribution in [0.1, 0.15) is 49.3 Å². The summed E-state index contributed by atoms with van der Waals surface area (Å²) < 4.78 is 2.40. The molecule has 3 aromatic carbocycles. The molecule has 0 aliphatic carbocycles. The van der Waals surface area contributed by atoms with E-state index in [0.717, 1.165) is 0 Å². The second kappa shape index (κ2) is 9.83. The highest BCUT2D eigenvalue weighted by Gasteiger charge is 2.13. The van der Waals surface area contributed by atoms with Crippen molar-refractivity contribution in [2.24, 2.45) is 0 Å². The Morgan fingerprint density at radius 1 is 0.548 bits per heavy atom. The van der Waals surface area contributed by atoms with Crippen LogP contribution in [0.15, 0.2) is 84.9 Å². The van der Waals surface area contributed by atoms with Gasteiger partial charge < -0.3 is 4.57 Å². The van der Waals surface area contributed by atoms with Gasteiger partial charge in [0.2, 0.25) is 0 Å². The van der Waals surface area contributed by atoms with Gasteiger partial charge in [-0.25, -0.2) is 0 Å². The number of aromatic nitrogens is 1. The first-order valence-corrected chi connectivity index (χ1v) is 11.6. The van der Waals surface area contributed by atoms with Crippen LogP contribution in [-0.4, -0.2) is 4.57 Å². The molecule has 1 heteroatoms. The van der Waals surface area contributed by atoms with Crippen LogP contribution in [0.25, 0.3) is 28.2 Å². The normalized spacial score (nSPS) is 11.1. The van der Waals surface area contributed by atoms with E-state index in [0.29, 0.717) is 0 Å². The number of rotatable bonds is 8. The molecule has 31 heavy (non-hydrogen) atoms. The molecule has 158 valence electrons. The lowest BCUT2D eigenvalue weighted by molar-refractivity contribution is 0.667. The molecule has 1 aromatic heterocycles. The van der Waals surface area contributed by atoms with Crippen molar-refractivity contribution in [3.8, 4) is 28.2 Å². The third kappa shape index (κ3) is 4.99. The molecule has 0 radical (unpaired) electrons. The van der Waals surface area contributed by atoms with Gasteiger partial charge in [0.1, 0.15) is 0 Å². The lowest BCUT2D eigenvalue weighted by Gasteiger charge is -2.15. The molecule has 0 aliphatic heterocycles. The summed E-state index contributed by atoms with van der Waals surface area (Å²) in [5.41, 5.74) is 10.2. The van der Waals surface area contributed by atoms with E-state index in [1.54, 1.807) is 0 Å². The number of benzene rings is 3. The van der Waals surface area contributed by atoms with Gasteiger partial charge in [0.25, 0.3) is 0 Å². The maximum absolute atomic E-state index is 2.40. The molecular formula is C30H33N. The smallest absolute Gasteiger partial charge is 0.0535 e. The highest BCUT2D eigenvalue weighted by Crippen LogP contribution is 2.33. The van der Waals surface area contributed by atoms with E-state index < -0.39 is 0 Å². The largest absolute Gasteiger partial charge is 0.309 e. The standard InChI is InChI=1S/C30H33N/c1-4-5-6-7-8-25-13-19-28(20-14-25)31-29(26-15-9-23(2)10-16-26)21-22-30(31)27-17-11-24(3)12-18-27/h9-22H,4-8H2,1-3H3. The molecule has 4 aromatic rings. The zero-order valence-electron chi connectivity index (χ0n) is 19.1. The zero-order valence-corrected chi connectivity index (χ0v) is 19.1. The predicted molar refractivity (Wildman–Crippen MR) is 134 cm³/mol. The summed E-state index contributed by atoms with van der Waals surface area (Å²) in [7, 11) is 0. The first-order chi connectivity index (χ1) is 15.2. The number of unbranched alkanes of at least 4 members (excludes halogenated alkanes) is 3. The molecule has 0 bridgehead atoms. The minimum absolute atomic E-state index is 1.17. The second-order valence-electron chi connectivity index (χ2n) is 8.65. The summed E-state index contributed by atoms with van der Waals surface area (Å²) in [6.07, 6.45) is 6.39. The fraction of sp³-hybridized carbons (Fsp3) is 0.267. The summed E-state index contributed by atoms with van der Waals surface area (Å²) in [5, 5.41) is 0. The van der Waals surface area contributed by atoms with Crippen LogP contribution in [0.2, 0.25) is 0 Å². The van der Waals surface area contributed by atoms with Crippen LogP contribution in [0.5, 0.6) is 0 Å². The van der Waals surface area contributed by atoms with Gasteiger partial charge in [-0.3, -0.25) is 0 Å².